The first-order valence-electron chi connectivity index (χ1n) is 9.85. The molecular formula is C22H24N4O4. The molecule has 1 atom stereocenters. The zero-order chi connectivity index (χ0) is 20.9. The molecule has 2 aromatic carbocycles. The third-order valence-electron chi connectivity index (χ3n) is 4.79. The molecule has 1 unspecified atom stereocenters. The van der Waals surface area contributed by atoms with Gasteiger partial charge in [0.25, 0.3) is 0 Å². The fraction of sp³-hybridized carbons (Fsp3) is 0.318. The van der Waals surface area contributed by atoms with Gasteiger partial charge in [0.1, 0.15) is 11.5 Å². The fourth-order valence-corrected chi connectivity index (χ4v) is 3.19. The molecule has 0 amide bonds. The maximum absolute atomic E-state index is 6.26. The Balaban J connectivity index is 1.76. The van der Waals surface area contributed by atoms with Crippen LogP contribution in [0.25, 0.3) is 11.3 Å². The molecule has 0 bridgehead atoms. The normalized spacial score (nSPS) is 14.4. The predicted molar refractivity (Wildman–Crippen MR) is 112 cm³/mol. The minimum Gasteiger partial charge on any atom is -0.497 e. The van der Waals surface area contributed by atoms with E-state index >= 15 is 0 Å². The molecule has 4 rings (SSSR count). The van der Waals surface area contributed by atoms with Gasteiger partial charge in [0.2, 0.25) is 12.1 Å². The van der Waals surface area contributed by atoms with Gasteiger partial charge in [0.05, 0.1) is 26.4 Å². The minimum absolute atomic E-state index is 0.196. The number of hydrogen-bond donors (Lipinski definition) is 1. The molecule has 0 spiro atoms. The van der Waals surface area contributed by atoms with E-state index in [1.807, 2.05) is 42.5 Å². The number of fused-ring (bicyclic) bond motifs is 3. The van der Waals surface area contributed by atoms with Crippen molar-refractivity contribution in [1.29, 1.82) is 0 Å². The van der Waals surface area contributed by atoms with E-state index in [0.29, 0.717) is 29.7 Å². The van der Waals surface area contributed by atoms with E-state index in [2.05, 4.69) is 27.4 Å². The van der Waals surface area contributed by atoms with Crippen LogP contribution in [0.4, 0.5) is 5.69 Å². The Morgan fingerprint density at radius 1 is 1.07 bits per heavy atom. The average molecular weight is 408 g/mol. The quantitative estimate of drug-likeness (QED) is 0.581. The summed E-state index contributed by atoms with van der Waals surface area (Å²) in [7, 11) is 3.23. The number of rotatable bonds is 7. The first-order valence-corrected chi connectivity index (χ1v) is 9.85. The molecule has 1 aliphatic rings. The number of aromatic nitrogens is 3. The summed E-state index contributed by atoms with van der Waals surface area (Å²) in [6.45, 7) is 2.62. The van der Waals surface area contributed by atoms with E-state index in [-0.39, 0.29) is 6.01 Å². The van der Waals surface area contributed by atoms with Crippen molar-refractivity contribution >= 4 is 5.69 Å². The van der Waals surface area contributed by atoms with Crippen LogP contribution in [0, 0.1) is 0 Å². The number of anilines is 1. The van der Waals surface area contributed by atoms with Gasteiger partial charge in [-0.25, -0.2) is 0 Å². The molecule has 3 aromatic rings. The third kappa shape index (κ3) is 3.94. The summed E-state index contributed by atoms with van der Waals surface area (Å²) in [6, 6.07) is 13.6. The second-order valence-electron chi connectivity index (χ2n) is 6.75. The van der Waals surface area contributed by atoms with Crippen molar-refractivity contribution in [2.75, 3.05) is 26.1 Å². The van der Waals surface area contributed by atoms with Gasteiger partial charge in [-0.15, -0.1) is 5.10 Å². The highest BCUT2D eigenvalue weighted by molar-refractivity contribution is 5.79. The summed E-state index contributed by atoms with van der Waals surface area (Å²) in [6.07, 6.45) is 1.37. The van der Waals surface area contributed by atoms with Gasteiger partial charge in [-0.1, -0.05) is 36.6 Å². The van der Waals surface area contributed by atoms with E-state index in [1.54, 1.807) is 14.2 Å². The first kappa shape index (κ1) is 19.8. The molecule has 30 heavy (non-hydrogen) atoms. The molecule has 2 heterocycles. The number of para-hydroxylation sites is 1. The Labute approximate surface area is 175 Å². The zero-order valence-electron chi connectivity index (χ0n) is 17.2. The van der Waals surface area contributed by atoms with E-state index in [1.165, 1.54) is 0 Å². The molecule has 1 N–H and O–H groups in total. The van der Waals surface area contributed by atoms with Gasteiger partial charge >= 0.3 is 6.01 Å². The van der Waals surface area contributed by atoms with Crippen LogP contribution < -0.4 is 24.3 Å². The maximum Gasteiger partial charge on any atom is 0.339 e. The molecule has 1 aliphatic heterocycles. The van der Waals surface area contributed by atoms with Crippen LogP contribution in [0.2, 0.25) is 0 Å². The van der Waals surface area contributed by atoms with Crippen molar-refractivity contribution in [3.8, 4) is 34.6 Å². The molecule has 0 saturated heterocycles. The highest BCUT2D eigenvalue weighted by Crippen LogP contribution is 2.41. The number of benzene rings is 2. The van der Waals surface area contributed by atoms with Gasteiger partial charge in [-0.2, -0.15) is 4.98 Å². The second kappa shape index (κ2) is 8.86. The van der Waals surface area contributed by atoms with Crippen LogP contribution >= 0.6 is 0 Å². The number of nitrogens with one attached hydrogen (secondary N) is 1. The van der Waals surface area contributed by atoms with Crippen molar-refractivity contribution in [2.24, 2.45) is 0 Å². The van der Waals surface area contributed by atoms with Crippen LogP contribution in [0.5, 0.6) is 23.4 Å². The van der Waals surface area contributed by atoms with Gasteiger partial charge in [0.15, 0.2) is 5.69 Å². The van der Waals surface area contributed by atoms with E-state index in [9.17, 15) is 0 Å². The Bertz CT molecular complexity index is 1030. The van der Waals surface area contributed by atoms with Gasteiger partial charge in [-0.05, 0) is 24.6 Å². The standard InChI is InChI=1S/C22H24N4O4/c1-4-5-12-29-22-24-21-19(25-26-22)15-8-6-7-9-17(15)23-20(30-21)16-11-10-14(27-2)13-18(16)28-3/h6-11,13,20,23H,4-5,12H2,1-3H3. The number of nitrogens with zero attached hydrogens (tertiary/aromatic N) is 3. The van der Waals surface area contributed by atoms with Crippen LogP contribution in [0.3, 0.4) is 0 Å². The zero-order valence-corrected chi connectivity index (χ0v) is 17.2. The predicted octanol–water partition coefficient (Wildman–Crippen LogP) is 4.24. The molecule has 1 aromatic heterocycles. The Morgan fingerprint density at radius 3 is 2.73 bits per heavy atom. The van der Waals surface area contributed by atoms with E-state index in [0.717, 1.165) is 29.7 Å². The van der Waals surface area contributed by atoms with Crippen molar-refractivity contribution in [3.63, 3.8) is 0 Å². The number of unbranched alkanes of at least 4 members (excludes halogenated alkanes) is 1. The SMILES string of the molecule is CCCCOc1nnc2c(n1)OC(c1ccc(OC)cc1OC)Nc1ccccc1-2. The minimum atomic E-state index is -0.562. The summed E-state index contributed by atoms with van der Waals surface area (Å²) in [5, 5.41) is 11.9. The highest BCUT2D eigenvalue weighted by Gasteiger charge is 2.28. The Hall–Kier alpha value is -3.55. The number of ether oxygens (including phenoxy) is 4. The molecule has 0 aliphatic carbocycles. The maximum atomic E-state index is 6.26. The molecule has 8 heteroatoms. The summed E-state index contributed by atoms with van der Waals surface area (Å²) in [5.74, 6) is 1.67. The summed E-state index contributed by atoms with van der Waals surface area (Å²) in [5.41, 5.74) is 3.06. The molecule has 0 saturated carbocycles. The van der Waals surface area contributed by atoms with Crippen molar-refractivity contribution in [1.82, 2.24) is 15.2 Å². The lowest BCUT2D eigenvalue weighted by atomic mass is 10.1. The molecule has 156 valence electrons. The first-order chi connectivity index (χ1) is 14.7. The van der Waals surface area contributed by atoms with E-state index < -0.39 is 6.23 Å². The largest absolute Gasteiger partial charge is 0.497 e. The highest BCUT2D eigenvalue weighted by atomic mass is 16.5. The van der Waals surface area contributed by atoms with Crippen molar-refractivity contribution in [2.45, 2.75) is 26.0 Å². The third-order valence-corrected chi connectivity index (χ3v) is 4.79. The second-order valence-corrected chi connectivity index (χ2v) is 6.75. The van der Waals surface area contributed by atoms with Crippen LogP contribution in [0.1, 0.15) is 31.6 Å². The summed E-state index contributed by atoms with van der Waals surface area (Å²) in [4.78, 5) is 4.49. The molecule has 0 radical (unpaired) electrons. The van der Waals surface area contributed by atoms with E-state index in [4.69, 9.17) is 18.9 Å². The molecule has 0 fully saturated rings. The Morgan fingerprint density at radius 2 is 1.93 bits per heavy atom. The lowest BCUT2D eigenvalue weighted by Crippen LogP contribution is -2.18. The van der Waals surface area contributed by atoms with Crippen LogP contribution in [-0.2, 0) is 0 Å². The van der Waals surface area contributed by atoms with Gasteiger partial charge in [-0.3, -0.25) is 0 Å². The summed E-state index contributed by atoms with van der Waals surface area (Å²) >= 11 is 0. The van der Waals surface area contributed by atoms with Gasteiger partial charge < -0.3 is 24.3 Å². The smallest absolute Gasteiger partial charge is 0.339 e. The monoisotopic (exact) mass is 408 g/mol. The lowest BCUT2D eigenvalue weighted by molar-refractivity contribution is 0.213. The fourth-order valence-electron chi connectivity index (χ4n) is 3.19. The topological polar surface area (TPSA) is 87.6 Å². The van der Waals surface area contributed by atoms with Crippen LogP contribution in [-0.4, -0.2) is 36.0 Å². The number of hydrogen-bond acceptors (Lipinski definition) is 8. The van der Waals surface area contributed by atoms with Crippen LogP contribution in [0.15, 0.2) is 42.5 Å². The summed E-state index contributed by atoms with van der Waals surface area (Å²) < 4.78 is 22.8. The van der Waals surface area contributed by atoms with Crippen molar-refractivity contribution in [3.05, 3.63) is 48.0 Å². The average Bonchev–Trinajstić information content (AvgIpc) is 2.95. The lowest BCUT2D eigenvalue weighted by Gasteiger charge is -2.21. The Kier molecular flexibility index (Phi) is 5.83. The van der Waals surface area contributed by atoms with Crippen molar-refractivity contribution < 1.29 is 18.9 Å². The molecule has 8 nitrogen and oxygen atoms in total. The molecular weight excluding hydrogens is 384 g/mol. The number of methoxy groups -OCH3 is 2. The van der Waals surface area contributed by atoms with Gasteiger partial charge in [0, 0.05) is 17.3 Å².